The summed E-state index contributed by atoms with van der Waals surface area (Å²) in [6, 6.07) is 42.9. The first-order chi connectivity index (χ1) is 20.7. The Labute approximate surface area is 256 Å². The summed E-state index contributed by atoms with van der Waals surface area (Å²) in [5.74, 6) is 0. The van der Waals surface area contributed by atoms with Crippen LogP contribution < -0.4 is 25.3 Å². The van der Waals surface area contributed by atoms with Crippen LogP contribution in [0.25, 0.3) is 44.0 Å². The fourth-order valence-electron chi connectivity index (χ4n) is 6.68. The van der Waals surface area contributed by atoms with E-state index in [9.17, 15) is 0 Å². The van der Waals surface area contributed by atoms with Crippen molar-refractivity contribution in [2.45, 2.75) is 33.1 Å². The number of rotatable bonds is 5. The van der Waals surface area contributed by atoms with E-state index in [2.05, 4.69) is 166 Å². The van der Waals surface area contributed by atoms with Gasteiger partial charge in [-0.25, -0.2) is 4.57 Å². The van der Waals surface area contributed by atoms with E-state index in [-0.39, 0.29) is 0 Å². The van der Waals surface area contributed by atoms with Gasteiger partial charge in [0.1, 0.15) is 26.3 Å². The third-order valence-electron chi connectivity index (χ3n) is 9.38. The number of benzene rings is 5. The molecule has 0 aliphatic heterocycles. The lowest BCUT2D eigenvalue weighted by molar-refractivity contribution is -0.660. The zero-order chi connectivity index (χ0) is 29.9. The second-order valence-corrected chi connectivity index (χ2v) is 22.2. The standard InChI is InChI=1S/C39H38NOSi2/c1-27-17-20-35-34-21-18-28-25-32(43(6,29-13-9-7-10-14-29)30-15-11-8-12-16-30)19-22-33(28)38(34)41-39(35)37(27)36-26-31(42(3,4)5)23-24-40(36)2/h7-26H,1-6H3/q+1. The minimum Gasteiger partial charge on any atom is -0.454 e. The average Bonchev–Trinajstić information content (AvgIpc) is 3.40. The summed E-state index contributed by atoms with van der Waals surface area (Å²) in [5.41, 5.74) is 5.57. The van der Waals surface area contributed by atoms with Gasteiger partial charge in [0, 0.05) is 28.3 Å². The van der Waals surface area contributed by atoms with Gasteiger partial charge in [-0.05, 0) is 44.7 Å². The molecule has 7 aromatic rings. The highest BCUT2D eigenvalue weighted by molar-refractivity contribution is 7.10. The number of aryl methyl sites for hydroxylation is 2. The van der Waals surface area contributed by atoms with Crippen molar-refractivity contribution in [1.29, 1.82) is 0 Å². The van der Waals surface area contributed by atoms with Crippen LogP contribution in [-0.2, 0) is 7.05 Å². The van der Waals surface area contributed by atoms with Crippen LogP contribution in [0, 0.1) is 6.92 Å². The second kappa shape index (κ2) is 10.2. The summed E-state index contributed by atoms with van der Waals surface area (Å²) in [6.07, 6.45) is 2.21. The highest BCUT2D eigenvalue weighted by Gasteiger charge is 2.34. The van der Waals surface area contributed by atoms with E-state index in [1.165, 1.54) is 59.1 Å². The maximum absolute atomic E-state index is 6.92. The van der Waals surface area contributed by atoms with E-state index in [1.54, 1.807) is 0 Å². The molecule has 0 saturated heterocycles. The summed E-state index contributed by atoms with van der Waals surface area (Å²) in [6.45, 7) is 11.9. The van der Waals surface area contributed by atoms with E-state index in [1.807, 2.05) is 0 Å². The number of pyridine rings is 1. The predicted octanol–water partition coefficient (Wildman–Crippen LogP) is 7.18. The van der Waals surface area contributed by atoms with Crippen LogP contribution in [-0.4, -0.2) is 16.1 Å². The monoisotopic (exact) mass is 592 g/mol. The molecular formula is C39H38NOSi2+. The van der Waals surface area contributed by atoms with Gasteiger partial charge in [0.25, 0.3) is 0 Å². The number of hydrogen-bond acceptors (Lipinski definition) is 1. The summed E-state index contributed by atoms with van der Waals surface area (Å²) >= 11 is 0. The Morgan fingerprint density at radius 1 is 0.558 bits per heavy atom. The summed E-state index contributed by atoms with van der Waals surface area (Å²) in [5, 5.41) is 10.4. The first kappa shape index (κ1) is 27.6. The summed E-state index contributed by atoms with van der Waals surface area (Å²) in [7, 11) is -1.56. The molecule has 0 saturated carbocycles. The van der Waals surface area contributed by atoms with Gasteiger partial charge in [0.15, 0.2) is 6.20 Å². The van der Waals surface area contributed by atoms with Gasteiger partial charge in [-0.1, -0.05) is 123 Å². The molecule has 0 spiro atoms. The molecule has 0 N–H and O–H groups in total. The number of nitrogens with zero attached hydrogens (tertiary/aromatic N) is 1. The highest BCUT2D eigenvalue weighted by Crippen LogP contribution is 2.39. The minimum atomic E-state index is -2.21. The summed E-state index contributed by atoms with van der Waals surface area (Å²) < 4.78 is 9.15. The Morgan fingerprint density at radius 2 is 1.16 bits per heavy atom. The Bertz CT molecular complexity index is 2100. The fourth-order valence-corrected chi connectivity index (χ4v) is 11.4. The Balaban J connectivity index is 1.45. The molecule has 0 radical (unpaired) electrons. The SMILES string of the molecule is Cc1ccc2c(oc3c4ccc([Si](C)(c5ccccc5)c5ccccc5)cc4ccc23)c1-c1cc([Si](C)(C)C)cc[n+]1C. The van der Waals surface area contributed by atoms with Crippen LogP contribution in [0.1, 0.15) is 5.56 Å². The lowest BCUT2D eigenvalue weighted by atomic mass is 10.00. The third-order valence-corrected chi connectivity index (χ3v) is 15.9. The van der Waals surface area contributed by atoms with Gasteiger partial charge in [0.2, 0.25) is 5.69 Å². The van der Waals surface area contributed by atoms with Crippen LogP contribution in [0.2, 0.25) is 26.2 Å². The topological polar surface area (TPSA) is 17.0 Å². The van der Waals surface area contributed by atoms with Crippen LogP contribution in [0.15, 0.2) is 126 Å². The molecule has 0 fully saturated rings. The highest BCUT2D eigenvalue weighted by atomic mass is 28.3. The van der Waals surface area contributed by atoms with E-state index in [0.29, 0.717) is 0 Å². The normalized spacial score (nSPS) is 12.4. The molecule has 0 amide bonds. The molecule has 0 aliphatic carbocycles. The zero-order valence-electron chi connectivity index (χ0n) is 25.9. The van der Waals surface area contributed by atoms with Crippen LogP contribution in [0.4, 0.5) is 0 Å². The number of furan rings is 1. The van der Waals surface area contributed by atoms with Crippen molar-refractivity contribution in [3.63, 3.8) is 0 Å². The van der Waals surface area contributed by atoms with Crippen LogP contribution in [0.5, 0.6) is 0 Å². The largest absolute Gasteiger partial charge is 0.454 e. The van der Waals surface area contributed by atoms with Crippen molar-refractivity contribution in [3.8, 4) is 11.3 Å². The van der Waals surface area contributed by atoms with Gasteiger partial charge in [0.05, 0.1) is 13.6 Å². The molecule has 7 rings (SSSR count). The van der Waals surface area contributed by atoms with Gasteiger partial charge < -0.3 is 4.42 Å². The van der Waals surface area contributed by atoms with E-state index >= 15 is 0 Å². The fraction of sp³-hybridized carbons (Fsp3) is 0.154. The predicted molar refractivity (Wildman–Crippen MR) is 189 cm³/mol. The molecule has 5 aromatic carbocycles. The van der Waals surface area contributed by atoms with Gasteiger partial charge >= 0.3 is 0 Å². The molecule has 43 heavy (non-hydrogen) atoms. The van der Waals surface area contributed by atoms with Gasteiger partial charge in [-0.3, -0.25) is 0 Å². The van der Waals surface area contributed by atoms with Crippen LogP contribution >= 0.6 is 0 Å². The number of fused-ring (bicyclic) bond motifs is 5. The lowest BCUT2D eigenvalue weighted by Crippen LogP contribution is -2.64. The second-order valence-electron chi connectivity index (χ2n) is 13.1. The Morgan fingerprint density at radius 3 is 1.81 bits per heavy atom. The first-order valence-electron chi connectivity index (χ1n) is 15.2. The zero-order valence-corrected chi connectivity index (χ0v) is 27.9. The third kappa shape index (κ3) is 4.48. The molecule has 212 valence electrons. The molecule has 0 bridgehead atoms. The maximum atomic E-state index is 6.92. The minimum absolute atomic E-state index is 0.970. The van der Waals surface area contributed by atoms with Crippen LogP contribution in [0.3, 0.4) is 0 Å². The number of aromatic nitrogens is 1. The molecule has 0 aliphatic rings. The molecule has 2 heterocycles. The van der Waals surface area contributed by atoms with Crippen molar-refractivity contribution in [1.82, 2.24) is 0 Å². The summed E-state index contributed by atoms with van der Waals surface area (Å²) in [4.78, 5) is 0. The van der Waals surface area contributed by atoms with Crippen molar-refractivity contribution in [2.24, 2.45) is 7.05 Å². The van der Waals surface area contributed by atoms with E-state index in [0.717, 1.165) is 11.2 Å². The molecule has 0 unspecified atom stereocenters. The Kier molecular flexibility index (Phi) is 6.53. The molecule has 2 nitrogen and oxygen atoms in total. The Hall–Kier alpha value is -4.26. The quantitative estimate of drug-likeness (QED) is 0.118. The smallest absolute Gasteiger partial charge is 0.216 e. The lowest BCUT2D eigenvalue weighted by Gasteiger charge is -2.29. The van der Waals surface area contributed by atoms with Crippen molar-refractivity contribution < 1.29 is 8.98 Å². The number of hydrogen-bond donors (Lipinski definition) is 0. The van der Waals surface area contributed by atoms with Crippen molar-refractivity contribution in [3.05, 3.63) is 127 Å². The molecule has 0 atom stereocenters. The van der Waals surface area contributed by atoms with E-state index in [4.69, 9.17) is 4.42 Å². The van der Waals surface area contributed by atoms with Crippen molar-refractivity contribution >= 4 is 69.6 Å². The van der Waals surface area contributed by atoms with Crippen molar-refractivity contribution in [2.75, 3.05) is 0 Å². The maximum Gasteiger partial charge on any atom is 0.216 e. The average molecular weight is 593 g/mol. The van der Waals surface area contributed by atoms with E-state index < -0.39 is 16.1 Å². The van der Waals surface area contributed by atoms with Gasteiger partial charge in [-0.15, -0.1) is 0 Å². The molecular weight excluding hydrogens is 555 g/mol. The molecule has 2 aromatic heterocycles. The first-order valence-corrected chi connectivity index (χ1v) is 21.2. The molecule has 4 heteroatoms. The van der Waals surface area contributed by atoms with Gasteiger partial charge in [-0.2, -0.15) is 0 Å².